The second kappa shape index (κ2) is 8.97. The van der Waals surface area contributed by atoms with Crippen LogP contribution in [0, 0.1) is 0 Å². The second-order valence-electron chi connectivity index (χ2n) is 4.48. The Morgan fingerprint density at radius 1 is 1.29 bits per heavy atom. The van der Waals surface area contributed by atoms with E-state index in [1.54, 1.807) is 26.0 Å². The predicted molar refractivity (Wildman–Crippen MR) is 77.5 cm³/mol. The number of hydrogen-bond donors (Lipinski definition) is 1. The molecule has 0 aromatic heterocycles. The summed E-state index contributed by atoms with van der Waals surface area (Å²) >= 11 is 0. The molecule has 0 bridgehead atoms. The molecule has 1 unspecified atom stereocenters. The SMILES string of the molecule is CCOC(=O)CC(=O)C(C)N=Nc1ccc(CCO)cc1. The van der Waals surface area contributed by atoms with Crippen LogP contribution in [0.25, 0.3) is 0 Å². The van der Waals surface area contributed by atoms with Gasteiger partial charge in [-0.3, -0.25) is 9.59 Å². The van der Waals surface area contributed by atoms with Crippen LogP contribution >= 0.6 is 0 Å². The first-order valence-corrected chi connectivity index (χ1v) is 6.85. The van der Waals surface area contributed by atoms with Gasteiger partial charge in [0.25, 0.3) is 0 Å². The molecule has 0 aliphatic heterocycles. The lowest BCUT2D eigenvalue weighted by Crippen LogP contribution is -2.19. The molecule has 114 valence electrons. The second-order valence-corrected chi connectivity index (χ2v) is 4.48. The van der Waals surface area contributed by atoms with Gasteiger partial charge >= 0.3 is 5.97 Å². The highest BCUT2D eigenvalue weighted by atomic mass is 16.5. The number of benzene rings is 1. The van der Waals surface area contributed by atoms with Gasteiger partial charge in [-0.2, -0.15) is 10.2 Å². The van der Waals surface area contributed by atoms with Crippen molar-refractivity contribution in [3.05, 3.63) is 29.8 Å². The molecule has 6 nitrogen and oxygen atoms in total. The van der Waals surface area contributed by atoms with E-state index in [4.69, 9.17) is 9.84 Å². The van der Waals surface area contributed by atoms with Crippen molar-refractivity contribution in [1.29, 1.82) is 0 Å². The predicted octanol–water partition coefficient (Wildman–Crippen LogP) is 2.22. The number of nitrogens with zero attached hydrogens (tertiary/aromatic N) is 2. The Kier molecular flexibility index (Phi) is 7.25. The van der Waals surface area contributed by atoms with E-state index in [1.165, 1.54) is 0 Å². The van der Waals surface area contributed by atoms with Crippen molar-refractivity contribution in [2.24, 2.45) is 10.2 Å². The van der Waals surface area contributed by atoms with Crippen molar-refractivity contribution < 1.29 is 19.4 Å². The summed E-state index contributed by atoms with van der Waals surface area (Å²) in [5.41, 5.74) is 1.62. The lowest BCUT2D eigenvalue weighted by Gasteiger charge is -2.04. The van der Waals surface area contributed by atoms with Crippen molar-refractivity contribution in [2.75, 3.05) is 13.2 Å². The maximum absolute atomic E-state index is 11.7. The van der Waals surface area contributed by atoms with Crippen molar-refractivity contribution in [1.82, 2.24) is 0 Å². The molecule has 0 fully saturated rings. The van der Waals surface area contributed by atoms with Crippen molar-refractivity contribution in [3.63, 3.8) is 0 Å². The number of rotatable bonds is 8. The monoisotopic (exact) mass is 292 g/mol. The van der Waals surface area contributed by atoms with Crippen LogP contribution in [0.1, 0.15) is 25.8 Å². The molecule has 1 atom stereocenters. The summed E-state index contributed by atoms with van der Waals surface area (Å²) in [6.45, 7) is 3.62. The summed E-state index contributed by atoms with van der Waals surface area (Å²) in [7, 11) is 0. The minimum atomic E-state index is -0.688. The van der Waals surface area contributed by atoms with E-state index in [2.05, 4.69) is 10.2 Å². The van der Waals surface area contributed by atoms with Gasteiger partial charge in [0.15, 0.2) is 5.78 Å². The van der Waals surface area contributed by atoms with E-state index in [0.29, 0.717) is 12.1 Å². The first kappa shape index (κ1) is 17.0. The first-order valence-electron chi connectivity index (χ1n) is 6.85. The molecule has 1 rings (SSSR count). The van der Waals surface area contributed by atoms with E-state index >= 15 is 0 Å². The Bertz CT molecular complexity index is 497. The smallest absolute Gasteiger partial charge is 0.313 e. The summed E-state index contributed by atoms with van der Waals surface area (Å²) in [5, 5.41) is 16.7. The summed E-state index contributed by atoms with van der Waals surface area (Å²) in [4.78, 5) is 22.9. The molecule has 0 saturated heterocycles. The zero-order chi connectivity index (χ0) is 15.7. The minimum Gasteiger partial charge on any atom is -0.466 e. The van der Waals surface area contributed by atoms with Crippen LogP contribution in [-0.4, -0.2) is 36.1 Å². The lowest BCUT2D eigenvalue weighted by molar-refractivity contribution is -0.145. The normalized spacial score (nSPS) is 12.3. The third-order valence-electron chi connectivity index (χ3n) is 2.77. The van der Waals surface area contributed by atoms with E-state index in [-0.39, 0.29) is 25.4 Å². The maximum Gasteiger partial charge on any atom is 0.313 e. The molecule has 0 radical (unpaired) electrons. The van der Waals surface area contributed by atoms with Crippen LogP contribution in [0.3, 0.4) is 0 Å². The van der Waals surface area contributed by atoms with Crippen molar-refractivity contribution in [3.8, 4) is 0 Å². The quantitative estimate of drug-likeness (QED) is 0.452. The molecular formula is C15H20N2O4. The maximum atomic E-state index is 11.7. The zero-order valence-electron chi connectivity index (χ0n) is 12.3. The van der Waals surface area contributed by atoms with Crippen LogP contribution < -0.4 is 0 Å². The molecule has 1 aromatic carbocycles. The molecule has 0 spiro atoms. The fourth-order valence-electron chi connectivity index (χ4n) is 1.58. The Labute approximate surface area is 123 Å². The Hall–Kier alpha value is -2.08. The highest BCUT2D eigenvalue weighted by Crippen LogP contribution is 2.15. The molecule has 0 aliphatic rings. The van der Waals surface area contributed by atoms with Crippen LogP contribution in [0.4, 0.5) is 5.69 Å². The number of hydrogen-bond acceptors (Lipinski definition) is 6. The van der Waals surface area contributed by atoms with Crippen LogP contribution in [-0.2, 0) is 20.7 Å². The summed E-state index contributed by atoms with van der Waals surface area (Å²) in [6.07, 6.45) is 0.301. The Balaban J connectivity index is 2.54. The average molecular weight is 292 g/mol. The molecule has 0 saturated carbocycles. The lowest BCUT2D eigenvalue weighted by atomic mass is 10.1. The van der Waals surface area contributed by atoms with Crippen LogP contribution in [0.5, 0.6) is 0 Å². The number of Topliss-reactive ketones (excluding diaryl/α,β-unsaturated/α-hetero) is 1. The van der Waals surface area contributed by atoms with Gasteiger partial charge < -0.3 is 9.84 Å². The summed E-state index contributed by atoms with van der Waals surface area (Å²) in [5.74, 6) is -0.869. The third kappa shape index (κ3) is 6.27. The van der Waals surface area contributed by atoms with Gasteiger partial charge in [0.1, 0.15) is 12.5 Å². The number of ether oxygens (including phenoxy) is 1. The number of carbonyl (C=O) groups excluding carboxylic acids is 2. The van der Waals surface area contributed by atoms with Crippen molar-refractivity contribution in [2.45, 2.75) is 32.7 Å². The highest BCUT2D eigenvalue weighted by Gasteiger charge is 2.16. The Morgan fingerprint density at radius 2 is 1.95 bits per heavy atom. The molecule has 6 heteroatoms. The average Bonchev–Trinajstić information content (AvgIpc) is 2.46. The van der Waals surface area contributed by atoms with Gasteiger partial charge in [-0.05, 0) is 38.0 Å². The van der Waals surface area contributed by atoms with E-state index < -0.39 is 12.0 Å². The molecule has 1 N–H and O–H groups in total. The number of azo groups is 1. The van der Waals surface area contributed by atoms with Gasteiger partial charge in [0.2, 0.25) is 0 Å². The number of esters is 1. The highest BCUT2D eigenvalue weighted by molar-refractivity contribution is 5.98. The van der Waals surface area contributed by atoms with Crippen molar-refractivity contribution >= 4 is 17.4 Å². The number of aliphatic hydroxyl groups is 1. The number of ketones is 1. The molecule has 1 aromatic rings. The first-order chi connectivity index (χ1) is 10.1. The van der Waals surface area contributed by atoms with E-state index in [0.717, 1.165) is 5.56 Å². The van der Waals surface area contributed by atoms with E-state index in [9.17, 15) is 9.59 Å². The van der Waals surface area contributed by atoms with E-state index in [1.807, 2.05) is 12.1 Å². The molecule has 0 amide bonds. The zero-order valence-corrected chi connectivity index (χ0v) is 12.3. The van der Waals surface area contributed by atoms with Gasteiger partial charge in [-0.15, -0.1) is 0 Å². The van der Waals surface area contributed by atoms with Gasteiger partial charge in [0.05, 0.1) is 12.3 Å². The van der Waals surface area contributed by atoms with Gasteiger partial charge in [-0.1, -0.05) is 12.1 Å². The van der Waals surface area contributed by atoms with Gasteiger partial charge in [-0.25, -0.2) is 0 Å². The standard InChI is InChI=1S/C15H20N2O4/c1-3-21-15(20)10-14(19)11(2)16-17-13-6-4-12(5-7-13)8-9-18/h4-7,11,18H,3,8-10H2,1-2H3. The molecular weight excluding hydrogens is 272 g/mol. The van der Waals surface area contributed by atoms with Crippen LogP contribution in [0.15, 0.2) is 34.5 Å². The largest absolute Gasteiger partial charge is 0.466 e. The topological polar surface area (TPSA) is 88.3 Å². The molecule has 21 heavy (non-hydrogen) atoms. The minimum absolute atomic E-state index is 0.0975. The Morgan fingerprint density at radius 3 is 2.52 bits per heavy atom. The van der Waals surface area contributed by atoms with Crippen LogP contribution in [0.2, 0.25) is 0 Å². The third-order valence-corrected chi connectivity index (χ3v) is 2.77. The fraction of sp³-hybridized carbons (Fsp3) is 0.467. The summed E-state index contributed by atoms with van der Waals surface area (Å²) in [6, 6.07) is 6.52. The number of carbonyl (C=O) groups is 2. The fourth-order valence-corrected chi connectivity index (χ4v) is 1.58. The summed E-state index contributed by atoms with van der Waals surface area (Å²) < 4.78 is 4.71. The molecule has 0 heterocycles. The van der Waals surface area contributed by atoms with Gasteiger partial charge in [0, 0.05) is 6.61 Å². The number of aliphatic hydroxyl groups excluding tert-OH is 1. The molecule has 0 aliphatic carbocycles.